The van der Waals surface area contributed by atoms with Gasteiger partial charge in [0.25, 0.3) is 0 Å². The molecular weight excluding hydrogens is 127 g/mol. The molecule has 0 aliphatic carbocycles. The molecule has 0 amide bonds. The third-order valence-electron chi connectivity index (χ3n) is 0.961. The topological polar surface area (TPSA) is 9.23 Å². The molecule has 44 valence electrons. The van der Waals surface area contributed by atoms with E-state index in [9.17, 15) is 0 Å². The highest BCUT2D eigenvalue weighted by atomic mass is 32.4. The van der Waals surface area contributed by atoms with Crippen LogP contribution in [0.5, 0.6) is 0 Å². The molecule has 0 N–H and O–H groups in total. The van der Waals surface area contributed by atoms with Gasteiger partial charge in [0, 0.05) is 7.11 Å². The Hall–Kier alpha value is 0.610. The minimum absolute atomic E-state index is 0.999. The Morgan fingerprint density at radius 1 is 1.71 bits per heavy atom. The van der Waals surface area contributed by atoms with Gasteiger partial charge in [0.2, 0.25) is 0 Å². The summed E-state index contributed by atoms with van der Waals surface area (Å²) >= 11 is 5.03. The minimum atomic E-state index is -1.32. The van der Waals surface area contributed by atoms with Crippen molar-refractivity contribution < 1.29 is 4.52 Å². The molecule has 0 aliphatic heterocycles. The monoisotopic (exact) mass is 138 g/mol. The van der Waals surface area contributed by atoms with Gasteiger partial charge in [-0.3, -0.25) is 0 Å². The molecule has 0 bridgehead atoms. The maximum atomic E-state index is 5.03. The lowest BCUT2D eigenvalue weighted by Gasteiger charge is -2.09. The van der Waals surface area contributed by atoms with Gasteiger partial charge < -0.3 is 4.52 Å². The molecule has 0 heterocycles. The van der Waals surface area contributed by atoms with Crippen LogP contribution >= 0.6 is 6.26 Å². The first-order chi connectivity index (χ1) is 3.12. The predicted octanol–water partition coefficient (Wildman–Crippen LogP) is 1.68. The van der Waals surface area contributed by atoms with Crippen molar-refractivity contribution in [1.82, 2.24) is 0 Å². The van der Waals surface area contributed by atoms with Gasteiger partial charge in [0.05, 0.1) is 6.26 Å². The van der Waals surface area contributed by atoms with Crippen LogP contribution in [-0.2, 0) is 16.3 Å². The van der Waals surface area contributed by atoms with Crippen LogP contribution in [0.25, 0.3) is 0 Å². The lowest BCUT2D eigenvalue weighted by atomic mass is 11.0. The van der Waals surface area contributed by atoms with Crippen LogP contribution in [0.4, 0.5) is 0 Å². The van der Waals surface area contributed by atoms with E-state index in [1.54, 1.807) is 7.11 Å². The molecular formula is C4H11OPS. The van der Waals surface area contributed by atoms with Crippen molar-refractivity contribution in [3.05, 3.63) is 0 Å². The van der Waals surface area contributed by atoms with Crippen molar-refractivity contribution in [3.63, 3.8) is 0 Å². The predicted molar refractivity (Wildman–Crippen MR) is 37.8 cm³/mol. The molecule has 1 nitrogen and oxygen atoms in total. The molecule has 1 unspecified atom stereocenters. The molecule has 0 rings (SSSR count). The van der Waals surface area contributed by atoms with E-state index in [0.29, 0.717) is 0 Å². The summed E-state index contributed by atoms with van der Waals surface area (Å²) in [5.41, 5.74) is 0. The van der Waals surface area contributed by atoms with Gasteiger partial charge in [-0.1, -0.05) is 18.7 Å². The average molecular weight is 138 g/mol. The standard InChI is InChI=1S/C4H11OPS/c1-4-6(3,7)5-2/h4H2,1-3H3. The van der Waals surface area contributed by atoms with E-state index in [4.69, 9.17) is 16.3 Å². The number of hydrogen-bond acceptors (Lipinski definition) is 2. The van der Waals surface area contributed by atoms with Gasteiger partial charge in [0.15, 0.2) is 0 Å². The largest absolute Gasteiger partial charge is 0.354 e. The first kappa shape index (κ1) is 7.61. The fourth-order valence-corrected chi connectivity index (χ4v) is 0.387. The summed E-state index contributed by atoms with van der Waals surface area (Å²) in [4.78, 5) is 0. The Labute approximate surface area is 50.2 Å². The van der Waals surface area contributed by atoms with E-state index in [2.05, 4.69) is 6.92 Å². The average Bonchev–Trinajstić information content (AvgIpc) is 1.68. The van der Waals surface area contributed by atoms with Crippen LogP contribution in [-0.4, -0.2) is 19.9 Å². The van der Waals surface area contributed by atoms with Crippen molar-refractivity contribution in [3.8, 4) is 0 Å². The summed E-state index contributed by atoms with van der Waals surface area (Å²) in [7, 11) is 1.68. The van der Waals surface area contributed by atoms with Crippen LogP contribution in [0.15, 0.2) is 0 Å². The molecule has 0 aromatic carbocycles. The second kappa shape index (κ2) is 2.81. The summed E-state index contributed by atoms with van der Waals surface area (Å²) in [6.07, 6.45) is -0.322. The minimum Gasteiger partial charge on any atom is -0.354 e. The zero-order chi connectivity index (χ0) is 5.91. The normalized spacial score (nSPS) is 18.7. The number of rotatable bonds is 2. The molecule has 0 aromatic rings. The molecule has 0 radical (unpaired) electrons. The van der Waals surface area contributed by atoms with E-state index >= 15 is 0 Å². The molecule has 0 fully saturated rings. The third-order valence-corrected chi connectivity index (χ3v) is 4.10. The van der Waals surface area contributed by atoms with Crippen molar-refractivity contribution in [2.75, 3.05) is 19.9 Å². The highest BCUT2D eigenvalue weighted by Gasteiger charge is 2.00. The lowest BCUT2D eigenvalue weighted by molar-refractivity contribution is 0.463. The Kier molecular flexibility index (Phi) is 3.05. The van der Waals surface area contributed by atoms with Crippen molar-refractivity contribution in [1.29, 1.82) is 0 Å². The zero-order valence-corrected chi connectivity index (χ0v) is 6.68. The van der Waals surface area contributed by atoms with Gasteiger partial charge >= 0.3 is 0 Å². The van der Waals surface area contributed by atoms with Crippen LogP contribution in [0, 0.1) is 0 Å². The van der Waals surface area contributed by atoms with E-state index in [0.717, 1.165) is 6.16 Å². The highest BCUT2D eigenvalue weighted by molar-refractivity contribution is 8.11. The van der Waals surface area contributed by atoms with E-state index < -0.39 is 6.26 Å². The summed E-state index contributed by atoms with van der Waals surface area (Å²) in [5.74, 6) is 0. The molecule has 0 saturated heterocycles. The fraction of sp³-hybridized carbons (Fsp3) is 1.00. The fourth-order valence-electron chi connectivity index (χ4n) is 0.129. The van der Waals surface area contributed by atoms with Gasteiger partial charge in [-0.15, -0.1) is 0 Å². The molecule has 0 saturated carbocycles. The first-order valence-electron chi connectivity index (χ1n) is 2.24. The van der Waals surface area contributed by atoms with E-state index in [1.165, 1.54) is 0 Å². The molecule has 0 aliphatic rings. The second-order valence-corrected chi connectivity index (χ2v) is 6.86. The Bertz CT molecular complexity index is 83.7. The summed E-state index contributed by atoms with van der Waals surface area (Å²) in [6.45, 7) is 4.06. The van der Waals surface area contributed by atoms with Gasteiger partial charge in [-0.2, -0.15) is 0 Å². The maximum Gasteiger partial charge on any atom is 0.0638 e. The molecule has 0 spiro atoms. The van der Waals surface area contributed by atoms with Gasteiger partial charge in [-0.05, 0) is 12.8 Å². The van der Waals surface area contributed by atoms with Crippen LogP contribution in [0.1, 0.15) is 6.92 Å². The SMILES string of the molecule is CCP(C)(=S)OC. The molecule has 1 atom stereocenters. The molecule has 7 heavy (non-hydrogen) atoms. The molecule has 3 heteroatoms. The highest BCUT2D eigenvalue weighted by Crippen LogP contribution is 2.40. The van der Waals surface area contributed by atoms with E-state index in [-0.39, 0.29) is 0 Å². The van der Waals surface area contributed by atoms with Crippen molar-refractivity contribution >= 4 is 18.1 Å². The smallest absolute Gasteiger partial charge is 0.0638 e. The summed E-state index contributed by atoms with van der Waals surface area (Å²) in [5, 5.41) is 0. The summed E-state index contributed by atoms with van der Waals surface area (Å²) in [6, 6.07) is 0. The Morgan fingerprint density at radius 3 is 2.14 bits per heavy atom. The Balaban J connectivity index is 3.61. The summed E-state index contributed by atoms with van der Waals surface area (Å²) < 4.78 is 5.01. The zero-order valence-electron chi connectivity index (χ0n) is 4.97. The lowest BCUT2D eigenvalue weighted by Crippen LogP contribution is -1.82. The Morgan fingerprint density at radius 2 is 2.14 bits per heavy atom. The number of hydrogen-bond donors (Lipinski definition) is 0. The molecule has 0 aromatic heterocycles. The van der Waals surface area contributed by atoms with Crippen LogP contribution < -0.4 is 0 Å². The van der Waals surface area contributed by atoms with Crippen molar-refractivity contribution in [2.45, 2.75) is 6.92 Å². The first-order valence-corrected chi connectivity index (χ1v) is 5.60. The quantitative estimate of drug-likeness (QED) is 0.537. The van der Waals surface area contributed by atoms with Gasteiger partial charge in [0.1, 0.15) is 0 Å². The van der Waals surface area contributed by atoms with E-state index in [1.807, 2.05) is 6.66 Å². The van der Waals surface area contributed by atoms with Crippen LogP contribution in [0.2, 0.25) is 0 Å². The van der Waals surface area contributed by atoms with Gasteiger partial charge in [-0.25, -0.2) is 0 Å². The van der Waals surface area contributed by atoms with Crippen LogP contribution in [0.3, 0.4) is 0 Å². The second-order valence-electron chi connectivity index (χ2n) is 1.51. The maximum absolute atomic E-state index is 5.03. The third kappa shape index (κ3) is 3.22. The van der Waals surface area contributed by atoms with Crippen molar-refractivity contribution in [2.24, 2.45) is 0 Å².